The molecule has 96 valence electrons. The minimum absolute atomic E-state index is 0.0311. The number of hydrogen-bond acceptors (Lipinski definition) is 3. The van der Waals surface area contributed by atoms with E-state index in [2.05, 4.69) is 5.32 Å². The first-order valence-electron chi connectivity index (χ1n) is 5.84. The lowest BCUT2D eigenvalue weighted by Crippen LogP contribution is -2.15. The zero-order valence-electron chi connectivity index (χ0n) is 10.7. The Kier molecular flexibility index (Phi) is 5.75. The van der Waals surface area contributed by atoms with E-state index in [1.807, 2.05) is 26.1 Å². The summed E-state index contributed by atoms with van der Waals surface area (Å²) in [6.45, 7) is 2.93. The highest BCUT2D eigenvalue weighted by atomic mass is 35.5. The molecule has 0 fully saturated rings. The number of halogens is 1. The maximum absolute atomic E-state index is 6.16. The van der Waals surface area contributed by atoms with Crippen LogP contribution in [0.25, 0.3) is 0 Å². The number of aryl methyl sites for hydroxylation is 1. The summed E-state index contributed by atoms with van der Waals surface area (Å²) in [5.74, 6) is 0.823. The Hall–Kier alpha value is -0.770. The van der Waals surface area contributed by atoms with Crippen molar-refractivity contribution in [3.63, 3.8) is 0 Å². The summed E-state index contributed by atoms with van der Waals surface area (Å²) < 4.78 is 5.35. The Balaban J connectivity index is 2.84. The van der Waals surface area contributed by atoms with Gasteiger partial charge in [0, 0.05) is 16.6 Å². The monoisotopic (exact) mass is 256 g/mol. The van der Waals surface area contributed by atoms with Crippen LogP contribution in [0.1, 0.15) is 30.0 Å². The van der Waals surface area contributed by atoms with Gasteiger partial charge < -0.3 is 15.8 Å². The zero-order valence-corrected chi connectivity index (χ0v) is 11.5. The van der Waals surface area contributed by atoms with Gasteiger partial charge in [0.25, 0.3) is 0 Å². The van der Waals surface area contributed by atoms with Crippen molar-refractivity contribution >= 4 is 11.6 Å². The molecule has 0 saturated heterocycles. The first-order chi connectivity index (χ1) is 8.10. The molecule has 0 radical (unpaired) electrons. The van der Waals surface area contributed by atoms with Gasteiger partial charge in [-0.3, -0.25) is 0 Å². The maximum Gasteiger partial charge on any atom is 0.123 e. The van der Waals surface area contributed by atoms with Crippen LogP contribution in [0.15, 0.2) is 12.1 Å². The van der Waals surface area contributed by atoms with E-state index >= 15 is 0 Å². The van der Waals surface area contributed by atoms with E-state index in [1.54, 1.807) is 7.11 Å². The van der Waals surface area contributed by atoms with E-state index in [-0.39, 0.29) is 6.04 Å². The zero-order chi connectivity index (χ0) is 12.8. The maximum atomic E-state index is 6.16. The van der Waals surface area contributed by atoms with E-state index in [0.717, 1.165) is 41.3 Å². The van der Waals surface area contributed by atoms with Crippen molar-refractivity contribution in [1.29, 1.82) is 0 Å². The fraction of sp³-hybridized carbons (Fsp3) is 0.538. The van der Waals surface area contributed by atoms with Crippen molar-refractivity contribution in [3.8, 4) is 5.75 Å². The molecule has 0 aliphatic carbocycles. The first-order valence-corrected chi connectivity index (χ1v) is 6.22. The van der Waals surface area contributed by atoms with Crippen molar-refractivity contribution in [2.45, 2.75) is 25.8 Å². The largest absolute Gasteiger partial charge is 0.496 e. The van der Waals surface area contributed by atoms with Crippen LogP contribution in [-0.2, 0) is 0 Å². The number of rotatable bonds is 6. The number of nitrogens with one attached hydrogen (secondary N) is 1. The summed E-state index contributed by atoms with van der Waals surface area (Å²) >= 11 is 6.12. The third-order valence-corrected chi connectivity index (χ3v) is 3.26. The lowest BCUT2D eigenvalue weighted by Gasteiger charge is -2.17. The second kappa shape index (κ2) is 6.84. The number of nitrogens with two attached hydrogens (primary N) is 1. The Morgan fingerprint density at radius 1 is 1.47 bits per heavy atom. The van der Waals surface area contributed by atoms with Gasteiger partial charge in [-0.05, 0) is 51.1 Å². The average Bonchev–Trinajstić information content (AvgIpc) is 2.32. The molecule has 1 atom stereocenters. The van der Waals surface area contributed by atoms with Gasteiger partial charge >= 0.3 is 0 Å². The molecule has 0 heterocycles. The lowest BCUT2D eigenvalue weighted by atomic mass is 10.0. The molecule has 3 N–H and O–H groups in total. The minimum atomic E-state index is -0.0311. The molecule has 0 spiro atoms. The molecule has 0 amide bonds. The summed E-state index contributed by atoms with van der Waals surface area (Å²) in [7, 11) is 3.60. The molecule has 0 aliphatic heterocycles. The molecular formula is C13H21ClN2O. The molecule has 17 heavy (non-hydrogen) atoms. The standard InChI is InChI=1S/C13H21ClN2O/c1-9-7-13(17-3)10(8-11(9)14)12(15)5-4-6-16-2/h7-8,12,16H,4-6,15H2,1-3H3. The van der Waals surface area contributed by atoms with E-state index < -0.39 is 0 Å². The summed E-state index contributed by atoms with van der Waals surface area (Å²) in [6.07, 6.45) is 1.95. The molecule has 1 aromatic carbocycles. The van der Waals surface area contributed by atoms with E-state index in [1.165, 1.54) is 0 Å². The van der Waals surface area contributed by atoms with Gasteiger partial charge in [-0.1, -0.05) is 11.6 Å². The summed E-state index contributed by atoms with van der Waals surface area (Å²) in [5.41, 5.74) is 8.16. The Bertz CT molecular complexity index is 369. The van der Waals surface area contributed by atoms with Crippen molar-refractivity contribution in [3.05, 3.63) is 28.3 Å². The van der Waals surface area contributed by atoms with Crippen LogP contribution < -0.4 is 15.8 Å². The van der Waals surface area contributed by atoms with Crippen LogP contribution in [0.3, 0.4) is 0 Å². The molecule has 0 saturated carbocycles. The van der Waals surface area contributed by atoms with Crippen LogP contribution >= 0.6 is 11.6 Å². The highest BCUT2D eigenvalue weighted by Gasteiger charge is 2.13. The van der Waals surface area contributed by atoms with E-state index in [4.69, 9.17) is 22.1 Å². The van der Waals surface area contributed by atoms with Crippen LogP contribution in [0, 0.1) is 6.92 Å². The number of hydrogen-bond donors (Lipinski definition) is 2. The van der Waals surface area contributed by atoms with Crippen LogP contribution in [0.5, 0.6) is 5.75 Å². The van der Waals surface area contributed by atoms with E-state index in [9.17, 15) is 0 Å². The predicted molar refractivity (Wildman–Crippen MR) is 72.8 cm³/mol. The summed E-state index contributed by atoms with van der Waals surface area (Å²) in [6, 6.07) is 3.83. The summed E-state index contributed by atoms with van der Waals surface area (Å²) in [4.78, 5) is 0. The Labute approximate surface area is 108 Å². The van der Waals surface area contributed by atoms with E-state index in [0.29, 0.717) is 0 Å². The fourth-order valence-electron chi connectivity index (χ4n) is 1.79. The van der Waals surface area contributed by atoms with Gasteiger partial charge in [0.2, 0.25) is 0 Å². The Morgan fingerprint density at radius 3 is 2.76 bits per heavy atom. The van der Waals surface area contributed by atoms with Gasteiger partial charge in [0.1, 0.15) is 5.75 Å². The topological polar surface area (TPSA) is 47.3 Å². The van der Waals surface area contributed by atoms with Crippen molar-refractivity contribution in [2.24, 2.45) is 5.73 Å². The first kappa shape index (κ1) is 14.3. The van der Waals surface area contributed by atoms with Crippen molar-refractivity contribution in [2.75, 3.05) is 20.7 Å². The second-order valence-corrected chi connectivity index (χ2v) is 4.60. The second-order valence-electron chi connectivity index (χ2n) is 4.20. The molecule has 0 aliphatic rings. The number of ether oxygens (including phenoxy) is 1. The molecule has 1 aromatic rings. The lowest BCUT2D eigenvalue weighted by molar-refractivity contribution is 0.403. The molecule has 4 heteroatoms. The number of methoxy groups -OCH3 is 1. The molecule has 3 nitrogen and oxygen atoms in total. The Morgan fingerprint density at radius 2 is 2.18 bits per heavy atom. The molecule has 1 rings (SSSR count). The van der Waals surface area contributed by atoms with Gasteiger partial charge in [0.05, 0.1) is 7.11 Å². The highest BCUT2D eigenvalue weighted by molar-refractivity contribution is 6.31. The quantitative estimate of drug-likeness (QED) is 0.770. The van der Waals surface area contributed by atoms with Crippen LogP contribution in [0.4, 0.5) is 0 Å². The van der Waals surface area contributed by atoms with Gasteiger partial charge in [-0.2, -0.15) is 0 Å². The smallest absolute Gasteiger partial charge is 0.123 e. The average molecular weight is 257 g/mol. The van der Waals surface area contributed by atoms with Gasteiger partial charge in [0.15, 0.2) is 0 Å². The van der Waals surface area contributed by atoms with Gasteiger partial charge in [-0.25, -0.2) is 0 Å². The number of benzene rings is 1. The normalized spacial score (nSPS) is 12.5. The molecular weight excluding hydrogens is 236 g/mol. The molecule has 0 bridgehead atoms. The minimum Gasteiger partial charge on any atom is -0.496 e. The highest BCUT2D eigenvalue weighted by Crippen LogP contribution is 2.31. The third-order valence-electron chi connectivity index (χ3n) is 2.85. The van der Waals surface area contributed by atoms with Crippen molar-refractivity contribution in [1.82, 2.24) is 5.32 Å². The van der Waals surface area contributed by atoms with Crippen LogP contribution in [-0.4, -0.2) is 20.7 Å². The predicted octanol–water partition coefficient (Wildman–Crippen LogP) is 2.66. The van der Waals surface area contributed by atoms with Crippen molar-refractivity contribution < 1.29 is 4.74 Å². The fourth-order valence-corrected chi connectivity index (χ4v) is 1.96. The van der Waals surface area contributed by atoms with Gasteiger partial charge in [-0.15, -0.1) is 0 Å². The SMILES string of the molecule is CNCCCC(N)c1cc(Cl)c(C)cc1OC. The van der Waals surface area contributed by atoms with Crippen LogP contribution in [0.2, 0.25) is 5.02 Å². The third kappa shape index (κ3) is 3.87. The molecule has 1 unspecified atom stereocenters. The molecule has 0 aromatic heterocycles. The summed E-state index contributed by atoms with van der Waals surface area (Å²) in [5, 5.41) is 3.85.